The molecular weight excluding hydrogens is 270 g/mol. The highest BCUT2D eigenvalue weighted by Crippen LogP contribution is 2.29. The van der Waals surface area contributed by atoms with Crippen LogP contribution in [0, 0.1) is 0 Å². The van der Waals surface area contributed by atoms with E-state index in [0.717, 1.165) is 31.2 Å². The standard InChI is InChI=1S/C16H23NO4/c1-20-13-6-5-12(14(10-13)21-2)9-15(18)17-11-16(19)7-3-4-8-16/h5-6,10,19H,3-4,7-9,11H2,1-2H3,(H,17,18). The van der Waals surface area contributed by atoms with Crippen LogP contribution in [0.2, 0.25) is 0 Å². The summed E-state index contributed by atoms with van der Waals surface area (Å²) in [4.78, 5) is 12.0. The van der Waals surface area contributed by atoms with Gasteiger partial charge in [-0.3, -0.25) is 4.79 Å². The first kappa shape index (κ1) is 15.6. The number of carbonyl (C=O) groups is 1. The zero-order valence-electron chi connectivity index (χ0n) is 12.6. The summed E-state index contributed by atoms with van der Waals surface area (Å²) in [7, 11) is 3.15. The highest BCUT2D eigenvalue weighted by atomic mass is 16.5. The summed E-state index contributed by atoms with van der Waals surface area (Å²) < 4.78 is 10.4. The Hall–Kier alpha value is -1.75. The Morgan fingerprint density at radius 2 is 2.00 bits per heavy atom. The molecule has 1 aromatic rings. The Labute approximate surface area is 125 Å². The molecule has 1 saturated carbocycles. The first-order valence-electron chi connectivity index (χ1n) is 7.26. The van der Waals surface area contributed by atoms with Gasteiger partial charge in [0.05, 0.1) is 26.2 Å². The van der Waals surface area contributed by atoms with Gasteiger partial charge in [-0.05, 0) is 18.9 Å². The largest absolute Gasteiger partial charge is 0.497 e. The van der Waals surface area contributed by atoms with Crippen LogP contribution in [0.3, 0.4) is 0 Å². The molecule has 0 heterocycles. The summed E-state index contributed by atoms with van der Waals surface area (Å²) in [5.74, 6) is 1.21. The quantitative estimate of drug-likeness (QED) is 0.837. The van der Waals surface area contributed by atoms with Crippen LogP contribution < -0.4 is 14.8 Å². The maximum atomic E-state index is 12.0. The van der Waals surface area contributed by atoms with Crippen LogP contribution in [-0.2, 0) is 11.2 Å². The van der Waals surface area contributed by atoms with E-state index in [2.05, 4.69) is 5.32 Å². The van der Waals surface area contributed by atoms with E-state index in [4.69, 9.17) is 9.47 Å². The van der Waals surface area contributed by atoms with E-state index in [-0.39, 0.29) is 12.3 Å². The van der Waals surface area contributed by atoms with Crippen LogP contribution in [0.15, 0.2) is 18.2 Å². The molecule has 116 valence electrons. The van der Waals surface area contributed by atoms with E-state index in [1.54, 1.807) is 26.4 Å². The third-order valence-electron chi connectivity index (χ3n) is 3.99. The Balaban J connectivity index is 1.93. The first-order chi connectivity index (χ1) is 10.1. The van der Waals surface area contributed by atoms with E-state index in [1.807, 2.05) is 6.07 Å². The molecule has 1 fully saturated rings. The van der Waals surface area contributed by atoms with Crippen molar-refractivity contribution in [2.45, 2.75) is 37.7 Å². The van der Waals surface area contributed by atoms with Gasteiger partial charge in [0.2, 0.25) is 5.91 Å². The molecule has 1 amide bonds. The zero-order valence-corrected chi connectivity index (χ0v) is 12.6. The van der Waals surface area contributed by atoms with E-state index >= 15 is 0 Å². The maximum Gasteiger partial charge on any atom is 0.224 e. The van der Waals surface area contributed by atoms with Gasteiger partial charge in [0, 0.05) is 18.2 Å². The summed E-state index contributed by atoms with van der Waals surface area (Å²) in [6.07, 6.45) is 3.80. The molecule has 0 spiro atoms. The highest BCUT2D eigenvalue weighted by molar-refractivity contribution is 5.79. The molecule has 0 saturated heterocycles. The average molecular weight is 293 g/mol. The predicted molar refractivity (Wildman–Crippen MR) is 79.7 cm³/mol. The molecule has 1 aromatic carbocycles. The van der Waals surface area contributed by atoms with E-state index < -0.39 is 5.60 Å². The Morgan fingerprint density at radius 3 is 2.62 bits per heavy atom. The minimum Gasteiger partial charge on any atom is -0.497 e. The summed E-state index contributed by atoms with van der Waals surface area (Å²) in [6.45, 7) is 0.324. The van der Waals surface area contributed by atoms with Crippen LogP contribution in [-0.4, -0.2) is 37.4 Å². The van der Waals surface area contributed by atoms with Gasteiger partial charge in [0.25, 0.3) is 0 Å². The third kappa shape index (κ3) is 4.11. The van der Waals surface area contributed by atoms with Crippen molar-refractivity contribution >= 4 is 5.91 Å². The van der Waals surface area contributed by atoms with Crippen molar-refractivity contribution in [3.8, 4) is 11.5 Å². The fourth-order valence-electron chi connectivity index (χ4n) is 2.71. The minimum absolute atomic E-state index is 0.112. The molecule has 0 bridgehead atoms. The fourth-order valence-corrected chi connectivity index (χ4v) is 2.71. The van der Waals surface area contributed by atoms with Crippen LogP contribution in [0.4, 0.5) is 0 Å². The molecule has 0 aromatic heterocycles. The van der Waals surface area contributed by atoms with E-state index in [0.29, 0.717) is 18.0 Å². The number of hydrogen-bond acceptors (Lipinski definition) is 4. The van der Waals surface area contributed by atoms with Crippen molar-refractivity contribution in [2.24, 2.45) is 0 Å². The zero-order chi connectivity index (χ0) is 15.3. The number of aliphatic hydroxyl groups is 1. The molecule has 5 nitrogen and oxygen atoms in total. The lowest BCUT2D eigenvalue weighted by Gasteiger charge is -2.22. The van der Waals surface area contributed by atoms with Crippen LogP contribution in [0.1, 0.15) is 31.2 Å². The number of carbonyl (C=O) groups excluding carboxylic acids is 1. The Morgan fingerprint density at radius 1 is 1.29 bits per heavy atom. The van der Waals surface area contributed by atoms with Gasteiger partial charge < -0.3 is 19.9 Å². The van der Waals surface area contributed by atoms with Gasteiger partial charge in [-0.2, -0.15) is 0 Å². The van der Waals surface area contributed by atoms with Crippen molar-refractivity contribution in [3.05, 3.63) is 23.8 Å². The monoisotopic (exact) mass is 293 g/mol. The number of nitrogens with one attached hydrogen (secondary N) is 1. The van der Waals surface area contributed by atoms with E-state index in [1.165, 1.54) is 0 Å². The normalized spacial score (nSPS) is 16.5. The van der Waals surface area contributed by atoms with Crippen molar-refractivity contribution in [1.82, 2.24) is 5.32 Å². The molecule has 0 radical (unpaired) electrons. The molecule has 1 aliphatic carbocycles. The average Bonchev–Trinajstić information content (AvgIpc) is 2.93. The number of hydrogen-bond donors (Lipinski definition) is 2. The van der Waals surface area contributed by atoms with Crippen molar-refractivity contribution < 1.29 is 19.4 Å². The van der Waals surface area contributed by atoms with Crippen molar-refractivity contribution in [2.75, 3.05) is 20.8 Å². The lowest BCUT2D eigenvalue weighted by Crippen LogP contribution is -2.41. The highest BCUT2D eigenvalue weighted by Gasteiger charge is 2.31. The fraction of sp³-hybridized carbons (Fsp3) is 0.562. The van der Waals surface area contributed by atoms with Gasteiger partial charge in [-0.1, -0.05) is 18.9 Å². The van der Waals surface area contributed by atoms with Crippen LogP contribution >= 0.6 is 0 Å². The Kier molecular flexibility index (Phi) is 5.07. The van der Waals surface area contributed by atoms with E-state index in [9.17, 15) is 9.90 Å². The molecular formula is C16H23NO4. The second-order valence-electron chi connectivity index (χ2n) is 5.56. The Bertz CT molecular complexity index is 495. The summed E-state index contributed by atoms with van der Waals surface area (Å²) in [5.41, 5.74) is 0.0776. The van der Waals surface area contributed by atoms with Gasteiger partial charge >= 0.3 is 0 Å². The molecule has 0 aliphatic heterocycles. The maximum absolute atomic E-state index is 12.0. The number of ether oxygens (including phenoxy) is 2. The third-order valence-corrected chi connectivity index (χ3v) is 3.99. The minimum atomic E-state index is -0.723. The van der Waals surface area contributed by atoms with Crippen molar-refractivity contribution in [3.63, 3.8) is 0 Å². The van der Waals surface area contributed by atoms with Gasteiger partial charge in [0.15, 0.2) is 0 Å². The lowest BCUT2D eigenvalue weighted by atomic mass is 10.0. The molecule has 0 atom stereocenters. The first-order valence-corrected chi connectivity index (χ1v) is 7.26. The van der Waals surface area contributed by atoms with Crippen molar-refractivity contribution in [1.29, 1.82) is 0 Å². The summed E-state index contributed by atoms with van der Waals surface area (Å²) in [6, 6.07) is 5.38. The summed E-state index contributed by atoms with van der Waals surface area (Å²) >= 11 is 0. The molecule has 2 N–H and O–H groups in total. The number of amides is 1. The summed E-state index contributed by atoms with van der Waals surface area (Å²) in [5, 5.41) is 13.0. The SMILES string of the molecule is COc1ccc(CC(=O)NCC2(O)CCCC2)c(OC)c1. The predicted octanol–water partition coefficient (Wildman–Crippen LogP) is 1.67. The lowest BCUT2D eigenvalue weighted by molar-refractivity contribution is -0.121. The van der Waals surface area contributed by atoms with Gasteiger partial charge in [-0.15, -0.1) is 0 Å². The smallest absolute Gasteiger partial charge is 0.224 e. The second-order valence-corrected chi connectivity index (χ2v) is 5.56. The molecule has 21 heavy (non-hydrogen) atoms. The second kappa shape index (κ2) is 6.80. The molecule has 0 unspecified atom stereocenters. The number of methoxy groups -OCH3 is 2. The van der Waals surface area contributed by atoms with Crippen LogP contribution in [0.25, 0.3) is 0 Å². The molecule has 1 aliphatic rings. The molecule has 5 heteroatoms. The number of rotatable bonds is 6. The topological polar surface area (TPSA) is 67.8 Å². The van der Waals surface area contributed by atoms with Crippen LogP contribution in [0.5, 0.6) is 11.5 Å². The van der Waals surface area contributed by atoms with Gasteiger partial charge in [0.1, 0.15) is 11.5 Å². The van der Waals surface area contributed by atoms with Gasteiger partial charge in [-0.25, -0.2) is 0 Å². The molecule has 2 rings (SSSR count). The number of benzene rings is 1.